The number of rotatable bonds is 5. The highest BCUT2D eigenvalue weighted by Gasteiger charge is 2.38. The van der Waals surface area contributed by atoms with E-state index in [0.29, 0.717) is 29.8 Å². The lowest BCUT2D eigenvalue weighted by molar-refractivity contribution is -0.118. The summed E-state index contributed by atoms with van der Waals surface area (Å²) in [6.45, 7) is 0.0198. The number of anilines is 1. The predicted octanol–water partition coefficient (Wildman–Crippen LogP) is 2.09. The number of carbonyl (C=O) groups excluding carboxylic acids is 3. The number of amides is 3. The molecule has 1 saturated carbocycles. The predicted molar refractivity (Wildman–Crippen MR) is 117 cm³/mol. The number of carbonyl (C=O) groups is 3. The second-order valence-corrected chi connectivity index (χ2v) is 10.1. The molecule has 0 bridgehead atoms. The molecule has 2 aliphatic heterocycles. The van der Waals surface area contributed by atoms with Crippen molar-refractivity contribution in [2.45, 2.75) is 43.0 Å². The Morgan fingerprint density at radius 1 is 1.00 bits per heavy atom. The summed E-state index contributed by atoms with van der Waals surface area (Å²) < 4.78 is 28.3. The van der Waals surface area contributed by atoms with Gasteiger partial charge in [0.15, 0.2) is 0 Å². The van der Waals surface area contributed by atoms with Gasteiger partial charge in [0.05, 0.1) is 16.0 Å². The van der Waals surface area contributed by atoms with E-state index in [2.05, 4.69) is 4.72 Å². The Balaban J connectivity index is 1.32. The maximum absolute atomic E-state index is 13.0. The Bertz CT molecular complexity index is 1200. The van der Waals surface area contributed by atoms with Gasteiger partial charge in [-0.05, 0) is 55.2 Å². The number of benzene rings is 2. The van der Waals surface area contributed by atoms with E-state index >= 15 is 0 Å². The molecule has 1 N–H and O–H groups in total. The monoisotopic (exact) mass is 453 g/mol. The topological polar surface area (TPSA) is 104 Å². The minimum atomic E-state index is -3.62. The van der Waals surface area contributed by atoms with E-state index in [1.165, 1.54) is 11.0 Å². The molecule has 32 heavy (non-hydrogen) atoms. The average Bonchev–Trinajstić information content (AvgIpc) is 3.49. The first kappa shape index (κ1) is 20.8. The minimum absolute atomic E-state index is 0.0222. The van der Waals surface area contributed by atoms with Crippen LogP contribution in [0.15, 0.2) is 47.4 Å². The quantitative estimate of drug-likeness (QED) is 0.699. The van der Waals surface area contributed by atoms with Crippen LogP contribution in [-0.2, 0) is 21.2 Å². The molecule has 0 spiro atoms. The standard InChI is InChI=1S/C23H23N3O5S/c27-21(14-26-22(28)18-7-3-4-8-19(18)23(26)29)25-12-11-15-13-17(9-10-20(15)25)32(30,31)24-16-5-1-2-6-16/h3-4,7-10,13,16,24H,1-2,5-6,11-12,14H2. The van der Waals surface area contributed by atoms with Crippen LogP contribution in [0.5, 0.6) is 0 Å². The van der Waals surface area contributed by atoms with Gasteiger partial charge in [-0.2, -0.15) is 0 Å². The van der Waals surface area contributed by atoms with Crippen molar-refractivity contribution in [1.82, 2.24) is 9.62 Å². The molecule has 9 heteroatoms. The van der Waals surface area contributed by atoms with Crippen molar-refractivity contribution in [3.8, 4) is 0 Å². The van der Waals surface area contributed by atoms with Gasteiger partial charge in [0.1, 0.15) is 6.54 Å². The molecule has 3 amide bonds. The van der Waals surface area contributed by atoms with E-state index in [9.17, 15) is 22.8 Å². The highest BCUT2D eigenvalue weighted by Crippen LogP contribution is 2.31. The van der Waals surface area contributed by atoms with Crippen LogP contribution in [-0.4, -0.2) is 50.2 Å². The number of nitrogens with zero attached hydrogens (tertiary/aromatic N) is 2. The van der Waals surface area contributed by atoms with Crippen LogP contribution in [0.2, 0.25) is 0 Å². The summed E-state index contributed by atoms with van der Waals surface area (Å²) >= 11 is 0. The normalized spacial score (nSPS) is 18.4. The summed E-state index contributed by atoms with van der Waals surface area (Å²) in [5.41, 5.74) is 1.98. The number of hydrogen-bond acceptors (Lipinski definition) is 5. The van der Waals surface area contributed by atoms with Crippen LogP contribution >= 0.6 is 0 Å². The van der Waals surface area contributed by atoms with E-state index in [1.807, 2.05) is 0 Å². The highest BCUT2D eigenvalue weighted by molar-refractivity contribution is 7.89. The molecule has 166 valence electrons. The highest BCUT2D eigenvalue weighted by atomic mass is 32.2. The molecule has 0 unspecified atom stereocenters. The van der Waals surface area contributed by atoms with Crippen LogP contribution in [0, 0.1) is 0 Å². The molecule has 0 saturated heterocycles. The molecular weight excluding hydrogens is 430 g/mol. The number of hydrogen-bond donors (Lipinski definition) is 1. The third kappa shape index (κ3) is 3.51. The summed E-state index contributed by atoms with van der Waals surface area (Å²) in [6.07, 6.45) is 4.27. The Kier molecular flexibility index (Phi) is 5.10. The van der Waals surface area contributed by atoms with Gasteiger partial charge in [0.25, 0.3) is 11.8 Å². The largest absolute Gasteiger partial charge is 0.310 e. The summed E-state index contributed by atoms with van der Waals surface area (Å²) in [6, 6.07) is 11.2. The van der Waals surface area contributed by atoms with Gasteiger partial charge in [-0.3, -0.25) is 19.3 Å². The van der Waals surface area contributed by atoms with Crippen molar-refractivity contribution in [2.75, 3.05) is 18.0 Å². The SMILES string of the molecule is O=C1c2ccccc2C(=O)N1CC(=O)N1CCc2cc(S(=O)(=O)NC3CCCC3)ccc21. The molecule has 0 radical (unpaired) electrons. The lowest BCUT2D eigenvalue weighted by Crippen LogP contribution is -2.42. The second kappa shape index (κ2) is 7.83. The first-order valence-corrected chi connectivity index (χ1v) is 12.2. The molecule has 1 fully saturated rings. The first-order valence-electron chi connectivity index (χ1n) is 10.8. The maximum Gasteiger partial charge on any atom is 0.262 e. The van der Waals surface area contributed by atoms with Crippen molar-refractivity contribution in [2.24, 2.45) is 0 Å². The molecule has 2 aromatic carbocycles. The first-order chi connectivity index (χ1) is 15.3. The van der Waals surface area contributed by atoms with Gasteiger partial charge in [0.2, 0.25) is 15.9 Å². The summed E-state index contributed by atoms with van der Waals surface area (Å²) in [5.74, 6) is -1.33. The molecule has 8 nitrogen and oxygen atoms in total. The van der Waals surface area contributed by atoms with Crippen LogP contribution in [0.25, 0.3) is 0 Å². The van der Waals surface area contributed by atoms with Gasteiger partial charge in [-0.15, -0.1) is 0 Å². The van der Waals surface area contributed by atoms with Gasteiger partial charge in [-0.25, -0.2) is 13.1 Å². The smallest absolute Gasteiger partial charge is 0.262 e. The molecule has 0 atom stereocenters. The zero-order chi connectivity index (χ0) is 22.5. The fourth-order valence-corrected chi connectivity index (χ4v) is 6.09. The number of fused-ring (bicyclic) bond motifs is 2. The maximum atomic E-state index is 13.0. The molecule has 2 heterocycles. The van der Waals surface area contributed by atoms with E-state index in [4.69, 9.17) is 0 Å². The van der Waals surface area contributed by atoms with Crippen molar-refractivity contribution in [3.63, 3.8) is 0 Å². The van der Waals surface area contributed by atoms with Gasteiger partial charge in [-0.1, -0.05) is 25.0 Å². The second-order valence-electron chi connectivity index (χ2n) is 8.43. The van der Waals surface area contributed by atoms with Crippen LogP contribution in [0.3, 0.4) is 0 Å². The molecule has 3 aliphatic rings. The summed E-state index contributed by atoms with van der Waals surface area (Å²) in [4.78, 5) is 40.8. The lowest BCUT2D eigenvalue weighted by Gasteiger charge is -2.21. The van der Waals surface area contributed by atoms with Crippen LogP contribution in [0.4, 0.5) is 5.69 Å². The van der Waals surface area contributed by atoms with E-state index < -0.39 is 21.8 Å². The zero-order valence-electron chi connectivity index (χ0n) is 17.4. The summed E-state index contributed by atoms with van der Waals surface area (Å²) in [5, 5.41) is 0. The average molecular weight is 454 g/mol. The van der Waals surface area contributed by atoms with E-state index in [0.717, 1.165) is 36.1 Å². The van der Waals surface area contributed by atoms with Crippen molar-refractivity contribution >= 4 is 33.4 Å². The van der Waals surface area contributed by atoms with Crippen LogP contribution < -0.4 is 9.62 Å². The third-order valence-electron chi connectivity index (χ3n) is 6.41. The number of sulfonamides is 1. The minimum Gasteiger partial charge on any atom is -0.310 e. The fraction of sp³-hybridized carbons (Fsp3) is 0.348. The van der Waals surface area contributed by atoms with Gasteiger partial charge >= 0.3 is 0 Å². The summed E-state index contributed by atoms with van der Waals surface area (Å²) in [7, 11) is -3.62. The molecule has 0 aromatic heterocycles. The Hall–Kier alpha value is -3.04. The molecule has 2 aromatic rings. The van der Waals surface area contributed by atoms with Crippen molar-refractivity contribution in [3.05, 3.63) is 59.2 Å². The Morgan fingerprint density at radius 3 is 2.31 bits per heavy atom. The molecular formula is C23H23N3O5S. The van der Waals surface area contributed by atoms with E-state index in [-0.39, 0.29) is 23.4 Å². The van der Waals surface area contributed by atoms with E-state index in [1.54, 1.807) is 36.4 Å². The Labute approximate surface area is 186 Å². The van der Waals surface area contributed by atoms with Gasteiger partial charge in [0, 0.05) is 18.3 Å². The zero-order valence-corrected chi connectivity index (χ0v) is 18.2. The molecule has 5 rings (SSSR count). The third-order valence-corrected chi connectivity index (χ3v) is 7.92. The fourth-order valence-electron chi connectivity index (χ4n) is 4.74. The lowest BCUT2D eigenvalue weighted by atomic mass is 10.1. The Morgan fingerprint density at radius 2 is 1.66 bits per heavy atom. The van der Waals surface area contributed by atoms with Gasteiger partial charge < -0.3 is 4.90 Å². The molecule has 1 aliphatic carbocycles. The number of imide groups is 1. The van der Waals surface area contributed by atoms with Crippen molar-refractivity contribution < 1.29 is 22.8 Å². The number of nitrogens with one attached hydrogen (secondary N) is 1. The van der Waals surface area contributed by atoms with Crippen molar-refractivity contribution in [1.29, 1.82) is 0 Å². The van der Waals surface area contributed by atoms with Crippen LogP contribution in [0.1, 0.15) is 52.0 Å².